The van der Waals surface area contributed by atoms with Crippen molar-refractivity contribution in [2.45, 2.75) is 61.0 Å². The number of aliphatic hydroxyl groups excluding tert-OH is 10. The summed E-state index contributed by atoms with van der Waals surface area (Å²) >= 11 is 0. The summed E-state index contributed by atoms with van der Waals surface area (Å²) in [4.78, 5) is 0. The highest BCUT2D eigenvalue weighted by Gasteiger charge is 2.49. The van der Waals surface area contributed by atoms with Crippen molar-refractivity contribution < 1.29 is 55.8 Å². The Bertz CT molecular complexity index is 354. The predicted molar refractivity (Wildman–Crippen MR) is 70.9 cm³/mol. The van der Waals surface area contributed by atoms with Gasteiger partial charge in [-0.05, 0) is 0 Å². The van der Waals surface area contributed by atoms with E-state index in [1.165, 1.54) is 0 Å². The number of hydrogen-bond donors (Lipinski definition) is 10. The Hall–Kier alpha value is -0.440. The van der Waals surface area contributed by atoms with E-state index in [-0.39, 0.29) is 0 Å². The second kappa shape index (κ2) is 8.60. The van der Waals surface area contributed by atoms with E-state index in [1.807, 2.05) is 0 Å². The molecule has 0 radical (unpaired) electrons. The monoisotopic (exact) mass is 344 g/mol. The third kappa shape index (κ3) is 4.35. The van der Waals surface area contributed by atoms with Crippen molar-refractivity contribution in [3.8, 4) is 0 Å². The first-order valence-corrected chi connectivity index (χ1v) is 6.99. The van der Waals surface area contributed by atoms with Crippen LogP contribution in [0.5, 0.6) is 0 Å². The van der Waals surface area contributed by atoms with E-state index in [2.05, 4.69) is 0 Å². The Morgan fingerprint density at radius 3 is 1.78 bits per heavy atom. The molecule has 11 heteroatoms. The van der Waals surface area contributed by atoms with Gasteiger partial charge in [-0.15, -0.1) is 0 Å². The molecule has 0 aromatic rings. The second-order valence-corrected chi connectivity index (χ2v) is 5.51. The van der Waals surface area contributed by atoms with Crippen LogP contribution in [0.15, 0.2) is 0 Å². The summed E-state index contributed by atoms with van der Waals surface area (Å²) in [6.45, 7) is -1.67. The lowest BCUT2D eigenvalue weighted by Crippen LogP contribution is -2.64. The first kappa shape index (κ1) is 20.6. The van der Waals surface area contributed by atoms with Crippen molar-refractivity contribution in [1.29, 1.82) is 0 Å². The molecule has 6 unspecified atom stereocenters. The lowest BCUT2D eigenvalue weighted by atomic mass is 9.88. The van der Waals surface area contributed by atoms with E-state index < -0.39 is 74.3 Å². The van der Waals surface area contributed by atoms with Gasteiger partial charge in [-0.25, -0.2) is 0 Å². The van der Waals surface area contributed by atoms with Gasteiger partial charge >= 0.3 is 0 Å². The average molecular weight is 344 g/mol. The standard InChI is InChI=1S/C12H24O11/c13-1-3(15)5(16)7(18)9(20)11(22)12-10(21)8(19)6(17)4(2-14)23-12/h3-22H,1-2H2/t3?,4-,5?,6-,7?,8+,9?,10-,11?,12?/m1/s1. The fourth-order valence-electron chi connectivity index (χ4n) is 2.35. The van der Waals surface area contributed by atoms with Gasteiger partial charge in [0.1, 0.15) is 61.0 Å². The van der Waals surface area contributed by atoms with E-state index in [0.717, 1.165) is 0 Å². The highest BCUT2D eigenvalue weighted by molar-refractivity contribution is 4.98. The predicted octanol–water partition coefficient (Wildman–Crippen LogP) is -6.37. The van der Waals surface area contributed by atoms with Crippen molar-refractivity contribution in [2.24, 2.45) is 0 Å². The third-order valence-corrected chi connectivity index (χ3v) is 3.90. The topological polar surface area (TPSA) is 212 Å². The van der Waals surface area contributed by atoms with Gasteiger partial charge in [0, 0.05) is 0 Å². The van der Waals surface area contributed by atoms with Gasteiger partial charge in [-0.3, -0.25) is 0 Å². The van der Waals surface area contributed by atoms with Gasteiger partial charge in [-0.2, -0.15) is 0 Å². The number of rotatable bonds is 7. The summed E-state index contributed by atoms with van der Waals surface area (Å²) in [5.41, 5.74) is 0. The Morgan fingerprint density at radius 2 is 1.30 bits per heavy atom. The smallest absolute Gasteiger partial charge is 0.115 e. The summed E-state index contributed by atoms with van der Waals surface area (Å²) < 4.78 is 5.01. The quantitative estimate of drug-likeness (QED) is 0.210. The SMILES string of the molecule is OCC(O)C(O)C(O)C(O)C(O)C1O[C@H](CO)[C@@H](O)[C@H](O)[C@H]1O. The molecule has 1 aliphatic rings. The first-order chi connectivity index (χ1) is 10.7. The van der Waals surface area contributed by atoms with Crippen LogP contribution in [0.3, 0.4) is 0 Å². The number of aliphatic hydroxyl groups is 10. The van der Waals surface area contributed by atoms with E-state index in [0.29, 0.717) is 0 Å². The average Bonchev–Trinajstić information content (AvgIpc) is 2.56. The Morgan fingerprint density at radius 1 is 0.739 bits per heavy atom. The van der Waals surface area contributed by atoms with E-state index >= 15 is 0 Å². The van der Waals surface area contributed by atoms with Gasteiger partial charge in [-0.1, -0.05) is 0 Å². The molecular weight excluding hydrogens is 320 g/mol. The molecule has 0 amide bonds. The molecule has 23 heavy (non-hydrogen) atoms. The fraction of sp³-hybridized carbons (Fsp3) is 1.00. The van der Waals surface area contributed by atoms with Crippen LogP contribution in [0.25, 0.3) is 0 Å². The number of ether oxygens (including phenoxy) is 1. The molecule has 10 N–H and O–H groups in total. The third-order valence-electron chi connectivity index (χ3n) is 3.90. The van der Waals surface area contributed by atoms with E-state index in [9.17, 15) is 40.9 Å². The van der Waals surface area contributed by atoms with Crippen LogP contribution in [0.2, 0.25) is 0 Å². The van der Waals surface area contributed by atoms with Gasteiger partial charge < -0.3 is 55.8 Å². The summed E-state index contributed by atoms with van der Waals surface area (Å²) in [5.74, 6) is 0. The van der Waals surface area contributed by atoms with Gasteiger partial charge in [0.15, 0.2) is 0 Å². The van der Waals surface area contributed by atoms with Crippen molar-refractivity contribution >= 4 is 0 Å². The molecule has 1 fully saturated rings. The van der Waals surface area contributed by atoms with Crippen molar-refractivity contribution in [3.05, 3.63) is 0 Å². The second-order valence-electron chi connectivity index (χ2n) is 5.51. The van der Waals surface area contributed by atoms with Crippen LogP contribution in [0.1, 0.15) is 0 Å². The maximum Gasteiger partial charge on any atom is 0.115 e. The minimum Gasteiger partial charge on any atom is -0.394 e. The zero-order chi connectivity index (χ0) is 17.9. The summed E-state index contributed by atoms with van der Waals surface area (Å²) in [7, 11) is 0. The molecule has 10 atom stereocenters. The molecule has 0 aromatic heterocycles. The molecule has 0 spiro atoms. The summed E-state index contributed by atoms with van der Waals surface area (Å²) in [5, 5.41) is 94.9. The van der Waals surface area contributed by atoms with Crippen LogP contribution in [0.4, 0.5) is 0 Å². The van der Waals surface area contributed by atoms with Gasteiger partial charge in [0.25, 0.3) is 0 Å². The van der Waals surface area contributed by atoms with Crippen molar-refractivity contribution in [1.82, 2.24) is 0 Å². The Kier molecular flexibility index (Phi) is 7.70. The molecule has 1 heterocycles. The maximum atomic E-state index is 9.98. The van der Waals surface area contributed by atoms with Gasteiger partial charge in [0.2, 0.25) is 0 Å². The van der Waals surface area contributed by atoms with Crippen molar-refractivity contribution in [2.75, 3.05) is 13.2 Å². The molecule has 1 aliphatic heterocycles. The molecular formula is C12H24O11. The van der Waals surface area contributed by atoms with Crippen LogP contribution < -0.4 is 0 Å². The molecule has 138 valence electrons. The molecule has 0 saturated carbocycles. The minimum absolute atomic E-state index is 0.751. The van der Waals surface area contributed by atoms with Crippen molar-refractivity contribution in [3.63, 3.8) is 0 Å². The highest BCUT2D eigenvalue weighted by atomic mass is 16.6. The summed E-state index contributed by atoms with van der Waals surface area (Å²) in [6.07, 6.45) is -18.4. The van der Waals surface area contributed by atoms with Gasteiger partial charge in [0.05, 0.1) is 13.2 Å². The highest BCUT2D eigenvalue weighted by Crippen LogP contribution is 2.25. The van der Waals surface area contributed by atoms with Crippen LogP contribution in [-0.4, -0.2) is 125 Å². The molecule has 0 bridgehead atoms. The lowest BCUT2D eigenvalue weighted by molar-refractivity contribution is -0.264. The van der Waals surface area contributed by atoms with E-state index in [4.69, 9.17) is 14.9 Å². The maximum absolute atomic E-state index is 9.98. The molecule has 0 aromatic carbocycles. The number of hydrogen-bond acceptors (Lipinski definition) is 11. The molecule has 0 aliphatic carbocycles. The van der Waals surface area contributed by atoms with Crippen LogP contribution in [0, 0.1) is 0 Å². The van der Waals surface area contributed by atoms with Crippen LogP contribution >= 0.6 is 0 Å². The summed E-state index contributed by atoms with van der Waals surface area (Å²) in [6, 6.07) is 0. The lowest BCUT2D eigenvalue weighted by Gasteiger charge is -2.43. The molecule has 1 saturated heterocycles. The minimum atomic E-state index is -2.13. The first-order valence-electron chi connectivity index (χ1n) is 6.99. The fourth-order valence-corrected chi connectivity index (χ4v) is 2.35. The largest absolute Gasteiger partial charge is 0.394 e. The zero-order valence-corrected chi connectivity index (χ0v) is 12.1. The Balaban J connectivity index is 2.83. The normalized spacial score (nSPS) is 38.6. The molecule has 1 rings (SSSR count). The zero-order valence-electron chi connectivity index (χ0n) is 12.1. The van der Waals surface area contributed by atoms with E-state index in [1.54, 1.807) is 0 Å². The Labute approximate surface area is 131 Å². The molecule has 11 nitrogen and oxygen atoms in total. The van der Waals surface area contributed by atoms with Crippen LogP contribution in [-0.2, 0) is 4.74 Å².